The fourth-order valence-corrected chi connectivity index (χ4v) is 1.34. The lowest BCUT2D eigenvalue weighted by Gasteiger charge is -2.10. The van der Waals surface area contributed by atoms with Crippen LogP contribution in [-0.2, 0) is 6.42 Å². The summed E-state index contributed by atoms with van der Waals surface area (Å²) in [5, 5.41) is 8.46. The first kappa shape index (κ1) is 11.3. The zero-order valence-electron chi connectivity index (χ0n) is 8.71. The van der Waals surface area contributed by atoms with E-state index in [0.29, 0.717) is 17.7 Å². The number of hydrogen-bond donors (Lipinski definition) is 0. The molecule has 0 aliphatic carbocycles. The molecule has 3 nitrogen and oxygen atoms in total. The Balaban J connectivity index is 3.12. The van der Waals surface area contributed by atoms with Gasteiger partial charge in [-0.15, -0.1) is 0 Å². The predicted octanol–water partition coefficient (Wildman–Crippen LogP) is 2.30. The van der Waals surface area contributed by atoms with Crippen molar-refractivity contribution in [3.05, 3.63) is 23.5 Å². The van der Waals surface area contributed by atoms with Gasteiger partial charge in [-0.3, -0.25) is 0 Å². The minimum atomic E-state index is -0.452. The van der Waals surface area contributed by atoms with Gasteiger partial charge >= 0.3 is 0 Å². The SMILES string of the molecule is COc1ccc(OC)c(CCC#N)c1F. The molecule has 0 aromatic heterocycles. The van der Waals surface area contributed by atoms with Crippen LogP contribution in [0.1, 0.15) is 12.0 Å². The summed E-state index contributed by atoms with van der Waals surface area (Å²) >= 11 is 0. The maximum absolute atomic E-state index is 13.7. The molecular formula is C11H12FNO2. The molecule has 1 aromatic rings. The van der Waals surface area contributed by atoms with Gasteiger partial charge in [0.2, 0.25) is 0 Å². The number of hydrogen-bond acceptors (Lipinski definition) is 3. The number of rotatable bonds is 4. The van der Waals surface area contributed by atoms with Crippen molar-refractivity contribution in [1.29, 1.82) is 5.26 Å². The van der Waals surface area contributed by atoms with Crippen molar-refractivity contribution >= 4 is 0 Å². The number of benzene rings is 1. The van der Waals surface area contributed by atoms with Crippen molar-refractivity contribution in [3.8, 4) is 17.6 Å². The standard InChI is InChI=1S/C11H12FNO2/c1-14-9-5-6-10(15-2)11(12)8(9)4-3-7-13/h5-6H,3-4H2,1-2H3. The van der Waals surface area contributed by atoms with E-state index in [9.17, 15) is 4.39 Å². The van der Waals surface area contributed by atoms with Crippen molar-refractivity contribution in [1.82, 2.24) is 0 Å². The summed E-state index contributed by atoms with van der Waals surface area (Å²) < 4.78 is 23.6. The smallest absolute Gasteiger partial charge is 0.171 e. The zero-order valence-corrected chi connectivity index (χ0v) is 8.71. The minimum absolute atomic E-state index is 0.170. The van der Waals surface area contributed by atoms with Gasteiger partial charge in [-0.05, 0) is 18.6 Å². The second-order valence-corrected chi connectivity index (χ2v) is 2.92. The Morgan fingerprint density at radius 1 is 1.27 bits per heavy atom. The molecule has 1 aromatic carbocycles. The highest BCUT2D eigenvalue weighted by molar-refractivity contribution is 5.42. The molecule has 0 N–H and O–H groups in total. The average Bonchev–Trinajstić information content (AvgIpc) is 2.27. The molecule has 1 rings (SSSR count). The summed E-state index contributed by atoms with van der Waals surface area (Å²) in [6.45, 7) is 0. The Kier molecular flexibility index (Phi) is 3.92. The average molecular weight is 209 g/mol. The maximum atomic E-state index is 13.7. The Morgan fingerprint density at radius 3 is 2.40 bits per heavy atom. The lowest BCUT2D eigenvalue weighted by atomic mass is 10.1. The largest absolute Gasteiger partial charge is 0.496 e. The third-order valence-electron chi connectivity index (χ3n) is 2.09. The maximum Gasteiger partial charge on any atom is 0.171 e. The van der Waals surface area contributed by atoms with E-state index < -0.39 is 5.82 Å². The van der Waals surface area contributed by atoms with Gasteiger partial charge in [-0.2, -0.15) is 5.26 Å². The van der Waals surface area contributed by atoms with E-state index in [1.165, 1.54) is 20.3 Å². The van der Waals surface area contributed by atoms with Crippen LogP contribution in [0.3, 0.4) is 0 Å². The molecule has 0 radical (unpaired) electrons. The summed E-state index contributed by atoms with van der Waals surface area (Å²) in [7, 11) is 2.87. The summed E-state index contributed by atoms with van der Waals surface area (Å²) in [4.78, 5) is 0. The summed E-state index contributed by atoms with van der Waals surface area (Å²) in [5.74, 6) is 0.166. The number of ether oxygens (including phenoxy) is 2. The molecule has 0 saturated heterocycles. The second-order valence-electron chi connectivity index (χ2n) is 2.92. The second kappa shape index (κ2) is 5.20. The van der Waals surface area contributed by atoms with Gasteiger partial charge in [0.1, 0.15) is 5.75 Å². The molecule has 0 spiro atoms. The summed E-state index contributed by atoms with van der Waals surface area (Å²) in [6, 6.07) is 5.11. The number of nitriles is 1. The first-order valence-corrected chi connectivity index (χ1v) is 4.51. The third-order valence-corrected chi connectivity index (χ3v) is 2.09. The van der Waals surface area contributed by atoms with Crippen LogP contribution in [0.4, 0.5) is 4.39 Å². The van der Waals surface area contributed by atoms with Gasteiger partial charge in [-0.25, -0.2) is 4.39 Å². The van der Waals surface area contributed by atoms with Gasteiger partial charge in [0, 0.05) is 12.0 Å². The summed E-state index contributed by atoms with van der Waals surface area (Å²) in [6.07, 6.45) is 0.573. The van der Waals surface area contributed by atoms with Crippen molar-refractivity contribution in [2.45, 2.75) is 12.8 Å². The lowest BCUT2D eigenvalue weighted by Crippen LogP contribution is -1.99. The minimum Gasteiger partial charge on any atom is -0.496 e. The number of methoxy groups -OCH3 is 2. The van der Waals surface area contributed by atoms with E-state index in [0.717, 1.165) is 0 Å². The molecule has 0 heterocycles. The molecule has 4 heteroatoms. The molecule has 80 valence electrons. The highest BCUT2D eigenvalue weighted by Crippen LogP contribution is 2.29. The van der Waals surface area contributed by atoms with Crippen molar-refractivity contribution in [2.24, 2.45) is 0 Å². The molecule has 0 bridgehead atoms. The first-order chi connectivity index (χ1) is 7.24. The van der Waals surface area contributed by atoms with E-state index in [1.807, 2.05) is 6.07 Å². The third kappa shape index (κ3) is 2.38. The highest BCUT2D eigenvalue weighted by Gasteiger charge is 2.13. The normalized spacial score (nSPS) is 9.47. The van der Waals surface area contributed by atoms with Crippen LogP contribution >= 0.6 is 0 Å². The Hall–Kier alpha value is -1.76. The topological polar surface area (TPSA) is 42.2 Å². The molecule has 0 amide bonds. The van der Waals surface area contributed by atoms with Crippen LogP contribution in [0.5, 0.6) is 11.5 Å². The van der Waals surface area contributed by atoms with Gasteiger partial charge in [-0.1, -0.05) is 0 Å². The zero-order chi connectivity index (χ0) is 11.3. The van der Waals surface area contributed by atoms with Gasteiger partial charge in [0.05, 0.1) is 20.3 Å². The van der Waals surface area contributed by atoms with E-state index in [-0.39, 0.29) is 12.2 Å². The van der Waals surface area contributed by atoms with E-state index in [2.05, 4.69) is 0 Å². The monoisotopic (exact) mass is 209 g/mol. The summed E-state index contributed by atoms with van der Waals surface area (Å²) in [5.41, 5.74) is 0.387. The van der Waals surface area contributed by atoms with Crippen LogP contribution in [0.2, 0.25) is 0 Å². The quantitative estimate of drug-likeness (QED) is 0.764. The molecular weight excluding hydrogens is 197 g/mol. The highest BCUT2D eigenvalue weighted by atomic mass is 19.1. The van der Waals surface area contributed by atoms with Crippen molar-refractivity contribution in [3.63, 3.8) is 0 Å². The lowest BCUT2D eigenvalue weighted by molar-refractivity contribution is 0.371. The molecule has 0 unspecified atom stereocenters. The molecule has 0 aliphatic heterocycles. The Labute approximate surface area is 88.0 Å². The molecule has 0 atom stereocenters. The first-order valence-electron chi connectivity index (χ1n) is 4.51. The van der Waals surface area contributed by atoms with Gasteiger partial charge < -0.3 is 9.47 Å². The van der Waals surface area contributed by atoms with Gasteiger partial charge in [0.25, 0.3) is 0 Å². The molecule has 0 saturated carbocycles. The van der Waals surface area contributed by atoms with Crippen molar-refractivity contribution in [2.75, 3.05) is 14.2 Å². The van der Waals surface area contributed by atoms with E-state index in [4.69, 9.17) is 14.7 Å². The fraction of sp³-hybridized carbons (Fsp3) is 0.364. The van der Waals surface area contributed by atoms with Crippen LogP contribution in [0, 0.1) is 17.1 Å². The van der Waals surface area contributed by atoms with Gasteiger partial charge in [0.15, 0.2) is 11.6 Å². The van der Waals surface area contributed by atoms with Crippen molar-refractivity contribution < 1.29 is 13.9 Å². The van der Waals surface area contributed by atoms with Crippen LogP contribution in [0.25, 0.3) is 0 Å². The number of nitrogens with zero attached hydrogens (tertiary/aromatic N) is 1. The van der Waals surface area contributed by atoms with E-state index in [1.54, 1.807) is 6.07 Å². The van der Waals surface area contributed by atoms with Crippen LogP contribution < -0.4 is 9.47 Å². The van der Waals surface area contributed by atoms with Crippen LogP contribution in [0.15, 0.2) is 12.1 Å². The molecule has 0 aliphatic rings. The number of halogens is 1. The van der Waals surface area contributed by atoms with Crippen LogP contribution in [-0.4, -0.2) is 14.2 Å². The molecule has 0 fully saturated rings. The molecule has 15 heavy (non-hydrogen) atoms. The predicted molar refractivity (Wildman–Crippen MR) is 53.4 cm³/mol. The fourth-order valence-electron chi connectivity index (χ4n) is 1.34. The Bertz CT molecular complexity index is 385. The van der Waals surface area contributed by atoms with E-state index >= 15 is 0 Å². The Morgan fingerprint density at radius 2 is 1.87 bits per heavy atom.